The molecule has 1 heterocycles. The zero-order valence-electron chi connectivity index (χ0n) is 11.7. The Bertz CT molecular complexity index is 403. The molecule has 1 aliphatic heterocycles. The van der Waals surface area contributed by atoms with Crippen LogP contribution in [0.3, 0.4) is 0 Å². The van der Waals surface area contributed by atoms with E-state index in [-0.39, 0.29) is 19.4 Å². The fraction of sp³-hybridized carbons (Fsp3) is 0.750. The summed E-state index contributed by atoms with van der Waals surface area (Å²) in [4.78, 5) is 37.0. The maximum atomic E-state index is 12.0. The lowest BCUT2D eigenvalue weighted by molar-refractivity contribution is -0.146. The van der Waals surface area contributed by atoms with Crippen molar-refractivity contribution in [1.29, 1.82) is 0 Å². The van der Waals surface area contributed by atoms with Crippen molar-refractivity contribution in [1.82, 2.24) is 9.80 Å². The van der Waals surface area contributed by atoms with Gasteiger partial charge in [0.2, 0.25) is 5.91 Å². The van der Waals surface area contributed by atoms with Crippen LogP contribution in [0, 0.1) is 5.92 Å². The molecule has 114 valence electrons. The van der Waals surface area contributed by atoms with Gasteiger partial charge in [-0.3, -0.25) is 14.5 Å². The molecular weight excluding hydrogens is 288 g/mol. The maximum absolute atomic E-state index is 12.0. The Kier molecular flexibility index (Phi) is 5.76. The van der Waals surface area contributed by atoms with Crippen molar-refractivity contribution in [3.05, 3.63) is 0 Å². The zero-order valence-corrected chi connectivity index (χ0v) is 12.5. The van der Waals surface area contributed by atoms with Gasteiger partial charge in [-0.25, -0.2) is 4.79 Å². The van der Waals surface area contributed by atoms with Gasteiger partial charge in [-0.15, -0.1) is 0 Å². The summed E-state index contributed by atoms with van der Waals surface area (Å²) < 4.78 is 4.75. The molecule has 1 aliphatic rings. The van der Waals surface area contributed by atoms with Crippen LogP contribution in [-0.4, -0.2) is 65.1 Å². The molecule has 0 aromatic carbocycles. The molecule has 1 fully saturated rings. The number of hydrogen-bond donors (Lipinski definition) is 1. The first-order chi connectivity index (χ1) is 9.31. The molecule has 3 amide bonds. The van der Waals surface area contributed by atoms with Gasteiger partial charge >= 0.3 is 12.0 Å². The quantitative estimate of drug-likeness (QED) is 0.451. The summed E-state index contributed by atoms with van der Waals surface area (Å²) >= 11 is 6.04. The Morgan fingerprint density at radius 2 is 2.05 bits per heavy atom. The number of rotatable bonds is 5. The molecule has 8 heteroatoms. The Labute approximate surface area is 122 Å². The van der Waals surface area contributed by atoms with Gasteiger partial charge in [0.05, 0.1) is 18.6 Å². The maximum Gasteiger partial charge on any atom is 0.327 e. The highest BCUT2D eigenvalue weighted by Gasteiger charge is 2.45. The van der Waals surface area contributed by atoms with E-state index in [1.807, 2.05) is 0 Å². The number of imide groups is 1. The lowest BCUT2D eigenvalue weighted by Crippen LogP contribution is -2.60. The lowest BCUT2D eigenvalue weighted by Gasteiger charge is -2.40. The largest absolute Gasteiger partial charge is 0.466 e. The van der Waals surface area contributed by atoms with Crippen molar-refractivity contribution in [2.45, 2.75) is 31.4 Å². The molecule has 0 saturated carbocycles. The van der Waals surface area contributed by atoms with Crippen molar-refractivity contribution in [2.75, 3.05) is 20.7 Å². The minimum absolute atomic E-state index is 0.0101. The third-order valence-electron chi connectivity index (χ3n) is 3.23. The van der Waals surface area contributed by atoms with E-state index < -0.39 is 35.4 Å². The van der Waals surface area contributed by atoms with Crippen molar-refractivity contribution in [3.63, 3.8) is 0 Å². The molecule has 20 heavy (non-hydrogen) atoms. The van der Waals surface area contributed by atoms with E-state index in [1.165, 1.54) is 19.0 Å². The second kappa shape index (κ2) is 6.90. The van der Waals surface area contributed by atoms with E-state index in [0.717, 1.165) is 4.90 Å². The van der Waals surface area contributed by atoms with Crippen LogP contribution in [0.5, 0.6) is 0 Å². The summed E-state index contributed by atoms with van der Waals surface area (Å²) in [6.45, 7) is 1.94. The molecule has 0 radical (unpaired) electrons. The number of aliphatic hydroxyl groups is 1. The standard InChI is InChI=1S/C12H19ClN2O5/c1-4-20-8(17)6-5-7(16)9-10(13)14(2)12(19)15(3)11(9)18/h7,9-10,16H,4-6H2,1-3H3. The number of esters is 1. The van der Waals surface area contributed by atoms with Crippen LogP contribution in [0.2, 0.25) is 0 Å². The number of nitrogens with zero attached hydrogens (tertiary/aromatic N) is 2. The number of alkyl halides is 1. The van der Waals surface area contributed by atoms with Gasteiger partial charge in [0, 0.05) is 20.5 Å². The number of aliphatic hydroxyl groups excluding tert-OH is 1. The highest BCUT2D eigenvalue weighted by molar-refractivity contribution is 6.24. The van der Waals surface area contributed by atoms with E-state index in [2.05, 4.69) is 0 Å². The van der Waals surface area contributed by atoms with Crippen LogP contribution in [-0.2, 0) is 14.3 Å². The van der Waals surface area contributed by atoms with Crippen molar-refractivity contribution >= 4 is 29.5 Å². The first-order valence-electron chi connectivity index (χ1n) is 6.33. The number of carbonyl (C=O) groups is 3. The van der Waals surface area contributed by atoms with Gasteiger partial charge < -0.3 is 14.7 Å². The minimum atomic E-state index is -1.12. The topological polar surface area (TPSA) is 87.1 Å². The van der Waals surface area contributed by atoms with Gasteiger partial charge in [-0.2, -0.15) is 0 Å². The predicted molar refractivity (Wildman–Crippen MR) is 70.9 cm³/mol. The normalized spacial score (nSPS) is 24.9. The van der Waals surface area contributed by atoms with Crippen LogP contribution in [0.15, 0.2) is 0 Å². The smallest absolute Gasteiger partial charge is 0.327 e. The van der Waals surface area contributed by atoms with E-state index in [9.17, 15) is 19.5 Å². The summed E-state index contributed by atoms with van der Waals surface area (Å²) in [7, 11) is 2.78. The molecule has 3 atom stereocenters. The van der Waals surface area contributed by atoms with Crippen LogP contribution < -0.4 is 0 Å². The summed E-state index contributed by atoms with van der Waals surface area (Å²) in [6, 6.07) is -0.524. The third-order valence-corrected chi connectivity index (χ3v) is 3.80. The average molecular weight is 307 g/mol. The van der Waals surface area contributed by atoms with Crippen molar-refractivity contribution in [2.24, 2.45) is 5.92 Å². The summed E-state index contributed by atoms with van der Waals surface area (Å²) in [5.41, 5.74) is -0.941. The number of amides is 3. The van der Waals surface area contributed by atoms with E-state index >= 15 is 0 Å². The fourth-order valence-corrected chi connectivity index (χ4v) is 2.40. The Balaban J connectivity index is 2.70. The second-order valence-electron chi connectivity index (χ2n) is 4.60. The van der Waals surface area contributed by atoms with Gasteiger partial charge in [-0.1, -0.05) is 11.6 Å². The number of halogens is 1. The molecule has 0 spiro atoms. The third kappa shape index (κ3) is 3.40. The zero-order chi connectivity index (χ0) is 15.4. The Morgan fingerprint density at radius 1 is 1.45 bits per heavy atom. The van der Waals surface area contributed by atoms with Crippen molar-refractivity contribution < 1.29 is 24.2 Å². The predicted octanol–water partition coefficient (Wildman–Crippen LogP) is 0.396. The minimum Gasteiger partial charge on any atom is -0.466 e. The van der Waals surface area contributed by atoms with Gasteiger partial charge in [0.25, 0.3) is 0 Å². The number of urea groups is 1. The van der Waals surface area contributed by atoms with Crippen molar-refractivity contribution in [3.8, 4) is 0 Å². The number of ether oxygens (including phenoxy) is 1. The molecule has 0 aromatic rings. The summed E-state index contributed by atoms with van der Waals surface area (Å²) in [5, 5.41) is 10.1. The summed E-state index contributed by atoms with van der Waals surface area (Å²) in [5.74, 6) is -1.96. The fourth-order valence-electron chi connectivity index (χ4n) is 2.04. The monoisotopic (exact) mass is 306 g/mol. The molecule has 0 aliphatic carbocycles. The van der Waals surface area contributed by atoms with E-state index in [1.54, 1.807) is 6.92 Å². The van der Waals surface area contributed by atoms with Crippen LogP contribution in [0.4, 0.5) is 4.79 Å². The van der Waals surface area contributed by atoms with Crippen LogP contribution >= 0.6 is 11.6 Å². The molecule has 3 unspecified atom stereocenters. The van der Waals surface area contributed by atoms with Gasteiger partial charge in [-0.05, 0) is 13.3 Å². The number of hydrogen-bond acceptors (Lipinski definition) is 5. The SMILES string of the molecule is CCOC(=O)CCC(O)C1C(=O)N(C)C(=O)N(C)C1Cl. The van der Waals surface area contributed by atoms with Gasteiger partial charge in [0.1, 0.15) is 5.50 Å². The number of carbonyl (C=O) groups excluding carboxylic acids is 3. The molecule has 1 N–H and O–H groups in total. The van der Waals surface area contributed by atoms with Crippen LogP contribution in [0.1, 0.15) is 19.8 Å². The molecule has 1 saturated heterocycles. The van der Waals surface area contributed by atoms with Crippen LogP contribution in [0.25, 0.3) is 0 Å². The van der Waals surface area contributed by atoms with Gasteiger partial charge in [0.15, 0.2) is 0 Å². The van der Waals surface area contributed by atoms with E-state index in [4.69, 9.17) is 16.3 Å². The summed E-state index contributed by atoms with van der Waals surface area (Å²) in [6.07, 6.45) is -1.08. The van der Waals surface area contributed by atoms with E-state index in [0.29, 0.717) is 0 Å². The average Bonchev–Trinajstić information content (AvgIpc) is 2.41. The second-order valence-corrected chi connectivity index (χ2v) is 5.05. The Morgan fingerprint density at radius 3 is 2.60 bits per heavy atom. The molecule has 7 nitrogen and oxygen atoms in total. The molecule has 1 rings (SSSR count). The first-order valence-corrected chi connectivity index (χ1v) is 6.77. The molecule has 0 bridgehead atoms. The molecule has 0 aromatic heterocycles. The Hall–Kier alpha value is -1.34. The first kappa shape index (κ1) is 16.7. The molecular formula is C12H19ClN2O5. The highest BCUT2D eigenvalue weighted by atomic mass is 35.5. The lowest BCUT2D eigenvalue weighted by atomic mass is 9.94. The highest BCUT2D eigenvalue weighted by Crippen LogP contribution is 2.28.